The standard InChI is InChI=1S/C47H86NO7P/c1-6-8-10-12-14-16-18-20-22-23-24-25-27-29-31-33-35-37-39-42-52-44-46(45-54-56(50,51)53-43-41-48(3,4)5)55-47(49)40-38-36-34-32-30-28-26-21-19-17-15-13-11-9-7-2/h9,11,15-18,21-23,26,46H,6-8,10,12-14,19-20,24-25,27-45H2,1-5H3/b11-9-,17-15-,18-16-,23-22-,26-21-. The van der Waals surface area contributed by atoms with Gasteiger partial charge in [0, 0.05) is 13.0 Å². The van der Waals surface area contributed by atoms with Crippen molar-refractivity contribution >= 4 is 13.8 Å². The van der Waals surface area contributed by atoms with E-state index in [2.05, 4.69) is 74.6 Å². The maximum absolute atomic E-state index is 12.7. The van der Waals surface area contributed by atoms with Gasteiger partial charge in [0.1, 0.15) is 19.3 Å². The van der Waals surface area contributed by atoms with Crippen LogP contribution in [0, 0.1) is 0 Å². The number of esters is 1. The number of carbonyl (C=O) groups excluding carboxylic acids is 1. The van der Waals surface area contributed by atoms with E-state index in [0.717, 1.165) is 77.0 Å². The van der Waals surface area contributed by atoms with Gasteiger partial charge >= 0.3 is 5.97 Å². The monoisotopic (exact) mass is 808 g/mol. The molecule has 326 valence electrons. The average molecular weight is 808 g/mol. The van der Waals surface area contributed by atoms with Crippen LogP contribution < -0.4 is 4.89 Å². The lowest BCUT2D eigenvalue weighted by Crippen LogP contribution is -2.37. The average Bonchev–Trinajstić information content (AvgIpc) is 3.15. The summed E-state index contributed by atoms with van der Waals surface area (Å²) >= 11 is 0. The molecule has 0 fully saturated rings. The maximum Gasteiger partial charge on any atom is 0.306 e. The Morgan fingerprint density at radius 1 is 0.571 bits per heavy atom. The molecule has 9 heteroatoms. The second-order valence-corrected chi connectivity index (χ2v) is 17.4. The third-order valence-electron chi connectivity index (χ3n) is 9.30. The summed E-state index contributed by atoms with van der Waals surface area (Å²) in [6.45, 7) is 5.24. The first-order valence-corrected chi connectivity index (χ1v) is 24.0. The zero-order valence-corrected chi connectivity index (χ0v) is 37.7. The van der Waals surface area contributed by atoms with Gasteiger partial charge in [-0.1, -0.05) is 152 Å². The summed E-state index contributed by atoms with van der Waals surface area (Å²) in [6.07, 6.45) is 49.4. The molecule has 0 aliphatic heterocycles. The second-order valence-electron chi connectivity index (χ2n) is 16.0. The van der Waals surface area contributed by atoms with Gasteiger partial charge in [0.2, 0.25) is 0 Å². The highest BCUT2D eigenvalue weighted by Crippen LogP contribution is 2.38. The molecule has 0 aliphatic carbocycles. The summed E-state index contributed by atoms with van der Waals surface area (Å²) in [6, 6.07) is 0. The van der Waals surface area contributed by atoms with E-state index in [1.54, 1.807) is 0 Å². The highest BCUT2D eigenvalue weighted by atomic mass is 31.2. The number of nitrogens with zero attached hydrogens (tertiary/aromatic N) is 1. The number of likely N-dealkylation sites (N-methyl/N-ethyl adjacent to an activating group) is 1. The number of rotatable bonds is 41. The molecule has 2 atom stereocenters. The molecule has 0 radical (unpaired) electrons. The highest BCUT2D eigenvalue weighted by Gasteiger charge is 2.20. The minimum atomic E-state index is -4.53. The molecule has 0 spiro atoms. The van der Waals surface area contributed by atoms with Crippen LogP contribution in [0.15, 0.2) is 60.8 Å². The van der Waals surface area contributed by atoms with E-state index < -0.39 is 13.9 Å². The Labute approximate surface area is 345 Å². The van der Waals surface area contributed by atoms with Crippen molar-refractivity contribution in [3.63, 3.8) is 0 Å². The van der Waals surface area contributed by atoms with Gasteiger partial charge in [-0.15, -0.1) is 0 Å². The molecule has 0 aliphatic rings. The molecule has 0 amide bonds. The Morgan fingerprint density at radius 2 is 1.04 bits per heavy atom. The Balaban J connectivity index is 4.25. The Morgan fingerprint density at radius 3 is 1.55 bits per heavy atom. The minimum Gasteiger partial charge on any atom is -0.756 e. The predicted molar refractivity (Wildman–Crippen MR) is 236 cm³/mol. The van der Waals surface area contributed by atoms with Crippen LogP contribution in [-0.2, 0) is 27.9 Å². The number of unbranched alkanes of at least 4 members (excludes halogenated alkanes) is 17. The van der Waals surface area contributed by atoms with Crippen molar-refractivity contribution in [1.29, 1.82) is 0 Å². The van der Waals surface area contributed by atoms with Gasteiger partial charge in [0.25, 0.3) is 7.82 Å². The normalized spacial score (nSPS) is 14.3. The lowest BCUT2D eigenvalue weighted by atomic mass is 10.1. The summed E-state index contributed by atoms with van der Waals surface area (Å²) in [5, 5.41) is 0. The third kappa shape index (κ3) is 43.3. The maximum atomic E-state index is 12.7. The number of carbonyl (C=O) groups is 1. The molecule has 0 saturated heterocycles. The summed E-state index contributed by atoms with van der Waals surface area (Å²) < 4.78 is 34.6. The molecule has 0 bridgehead atoms. The number of allylic oxidation sites excluding steroid dienone is 10. The molecular weight excluding hydrogens is 721 g/mol. The van der Waals surface area contributed by atoms with Gasteiger partial charge in [-0.2, -0.15) is 0 Å². The van der Waals surface area contributed by atoms with Crippen LogP contribution >= 0.6 is 7.82 Å². The molecule has 0 rings (SSSR count). The number of hydrogen-bond donors (Lipinski definition) is 0. The van der Waals surface area contributed by atoms with Crippen LogP contribution in [0.3, 0.4) is 0 Å². The largest absolute Gasteiger partial charge is 0.756 e. The van der Waals surface area contributed by atoms with E-state index >= 15 is 0 Å². The van der Waals surface area contributed by atoms with Crippen molar-refractivity contribution in [3.05, 3.63) is 60.8 Å². The number of phosphoric ester groups is 1. The van der Waals surface area contributed by atoms with Crippen LogP contribution in [0.1, 0.15) is 174 Å². The van der Waals surface area contributed by atoms with E-state index in [-0.39, 0.29) is 25.8 Å². The Hall–Kier alpha value is -1.80. The van der Waals surface area contributed by atoms with Gasteiger partial charge in [0.05, 0.1) is 34.4 Å². The first kappa shape index (κ1) is 54.2. The van der Waals surface area contributed by atoms with Gasteiger partial charge in [-0.05, 0) is 77.0 Å². The quantitative estimate of drug-likeness (QED) is 0.0200. The molecule has 2 unspecified atom stereocenters. The number of quaternary nitrogens is 1. The number of phosphoric acid groups is 1. The van der Waals surface area contributed by atoms with Gasteiger partial charge in [0.15, 0.2) is 0 Å². The van der Waals surface area contributed by atoms with Crippen LogP contribution in [-0.4, -0.2) is 70.7 Å². The molecule has 0 saturated carbocycles. The van der Waals surface area contributed by atoms with Crippen LogP contribution in [0.2, 0.25) is 0 Å². The molecule has 0 aromatic heterocycles. The summed E-state index contributed by atoms with van der Waals surface area (Å²) in [5.74, 6) is -0.355. The minimum absolute atomic E-state index is 0.0187. The van der Waals surface area contributed by atoms with E-state index in [9.17, 15) is 14.3 Å². The fraction of sp³-hybridized carbons (Fsp3) is 0.766. The van der Waals surface area contributed by atoms with Crippen LogP contribution in [0.25, 0.3) is 0 Å². The van der Waals surface area contributed by atoms with E-state index in [0.29, 0.717) is 24.1 Å². The fourth-order valence-electron chi connectivity index (χ4n) is 5.82. The first-order chi connectivity index (χ1) is 27.1. The topological polar surface area (TPSA) is 94.1 Å². The smallest absolute Gasteiger partial charge is 0.306 e. The molecule has 0 aromatic carbocycles. The van der Waals surface area contributed by atoms with Crippen molar-refractivity contribution in [2.24, 2.45) is 0 Å². The number of ether oxygens (including phenoxy) is 2. The predicted octanol–water partition coefficient (Wildman–Crippen LogP) is 12.7. The van der Waals surface area contributed by atoms with Crippen molar-refractivity contribution in [2.75, 3.05) is 54.1 Å². The van der Waals surface area contributed by atoms with E-state index in [4.69, 9.17) is 18.5 Å². The molecule has 56 heavy (non-hydrogen) atoms. The van der Waals surface area contributed by atoms with Crippen LogP contribution in [0.4, 0.5) is 0 Å². The van der Waals surface area contributed by atoms with Crippen LogP contribution in [0.5, 0.6) is 0 Å². The third-order valence-corrected chi connectivity index (χ3v) is 10.3. The summed E-state index contributed by atoms with van der Waals surface area (Å²) in [5.41, 5.74) is 0. The molecule has 0 N–H and O–H groups in total. The van der Waals surface area contributed by atoms with Gasteiger partial charge < -0.3 is 27.9 Å². The Kier molecular flexibility index (Phi) is 38.7. The molecule has 8 nitrogen and oxygen atoms in total. The SMILES string of the molecule is CC/C=C\C/C=C\C/C=C\CCCCCCCC(=O)OC(COCCCCCCCCCC/C=C\C/C=C\CCCCCC)COP(=O)([O-])OCC[N+](C)(C)C. The Bertz CT molecular complexity index is 1080. The van der Waals surface area contributed by atoms with Crippen molar-refractivity contribution in [2.45, 2.75) is 180 Å². The first-order valence-electron chi connectivity index (χ1n) is 22.5. The summed E-state index contributed by atoms with van der Waals surface area (Å²) in [4.78, 5) is 25.1. The number of hydrogen-bond acceptors (Lipinski definition) is 7. The zero-order valence-electron chi connectivity index (χ0n) is 36.8. The zero-order chi connectivity index (χ0) is 41.3. The van der Waals surface area contributed by atoms with Gasteiger partial charge in [-0.25, -0.2) is 0 Å². The summed E-state index contributed by atoms with van der Waals surface area (Å²) in [7, 11) is 1.33. The van der Waals surface area contributed by atoms with Crippen molar-refractivity contribution in [1.82, 2.24) is 0 Å². The lowest BCUT2D eigenvalue weighted by molar-refractivity contribution is -0.870. The molecule has 0 heterocycles. The van der Waals surface area contributed by atoms with E-state index in [1.807, 2.05) is 21.1 Å². The van der Waals surface area contributed by atoms with Crippen molar-refractivity contribution in [3.8, 4) is 0 Å². The lowest BCUT2D eigenvalue weighted by Gasteiger charge is -2.28. The van der Waals surface area contributed by atoms with E-state index in [1.165, 1.54) is 77.0 Å². The van der Waals surface area contributed by atoms with Gasteiger partial charge in [-0.3, -0.25) is 9.36 Å². The fourth-order valence-corrected chi connectivity index (χ4v) is 6.55. The van der Waals surface area contributed by atoms with Crippen molar-refractivity contribution < 1.29 is 37.3 Å². The molecule has 0 aromatic rings. The highest BCUT2D eigenvalue weighted by molar-refractivity contribution is 7.45. The molecular formula is C47H86NO7P. The second kappa shape index (κ2) is 40.0.